The van der Waals surface area contributed by atoms with E-state index in [0.29, 0.717) is 12.4 Å². The van der Waals surface area contributed by atoms with Crippen LogP contribution < -0.4 is 15.2 Å². The first-order chi connectivity index (χ1) is 9.61. The van der Waals surface area contributed by atoms with Gasteiger partial charge in [0.2, 0.25) is 0 Å². The van der Waals surface area contributed by atoms with Crippen molar-refractivity contribution in [3.63, 3.8) is 0 Å². The monoisotopic (exact) mass is 280 g/mol. The van der Waals surface area contributed by atoms with Crippen LogP contribution in [0.1, 0.15) is 13.3 Å². The minimum Gasteiger partial charge on any atom is -0.488 e. The van der Waals surface area contributed by atoms with E-state index in [1.54, 1.807) is 12.1 Å². The number of pyridine rings is 1. The van der Waals surface area contributed by atoms with Crippen LogP contribution in [0.3, 0.4) is 0 Å². The normalized spacial score (nSPS) is 10.3. The summed E-state index contributed by atoms with van der Waals surface area (Å²) in [5, 5.41) is 0. The molecule has 1 aromatic carbocycles. The molecule has 0 amide bonds. The molecule has 1 aromatic heterocycles. The molecule has 0 saturated carbocycles. The standard InChI is InChI=1S/C14H14F2N2O2/c1-2-6-19-12-4-3-5-18-14(12)20-13-8-9(15)11(17)7-10(13)16/h3-5,7-8H,2,6,17H2,1H3. The molecule has 2 aromatic rings. The van der Waals surface area contributed by atoms with Crippen LogP contribution in [0.2, 0.25) is 0 Å². The topological polar surface area (TPSA) is 57.4 Å². The van der Waals surface area contributed by atoms with Crippen molar-refractivity contribution >= 4 is 5.69 Å². The molecule has 0 radical (unpaired) electrons. The Bertz CT molecular complexity index is 606. The zero-order chi connectivity index (χ0) is 14.5. The van der Waals surface area contributed by atoms with Gasteiger partial charge in [-0.25, -0.2) is 13.8 Å². The highest BCUT2D eigenvalue weighted by molar-refractivity contribution is 5.46. The van der Waals surface area contributed by atoms with Gasteiger partial charge < -0.3 is 15.2 Å². The van der Waals surface area contributed by atoms with Crippen molar-refractivity contribution in [2.75, 3.05) is 12.3 Å². The van der Waals surface area contributed by atoms with Gasteiger partial charge in [0, 0.05) is 18.3 Å². The van der Waals surface area contributed by atoms with Gasteiger partial charge in [-0.3, -0.25) is 0 Å². The third-order valence-corrected chi connectivity index (χ3v) is 2.46. The molecule has 4 nitrogen and oxygen atoms in total. The molecule has 2 N–H and O–H groups in total. The van der Waals surface area contributed by atoms with Crippen molar-refractivity contribution in [3.8, 4) is 17.4 Å². The number of ether oxygens (including phenoxy) is 2. The molecule has 0 aliphatic heterocycles. The highest BCUT2D eigenvalue weighted by Crippen LogP contribution is 2.32. The highest BCUT2D eigenvalue weighted by atomic mass is 19.1. The van der Waals surface area contributed by atoms with Gasteiger partial charge in [-0.05, 0) is 18.6 Å². The first kappa shape index (κ1) is 14.0. The van der Waals surface area contributed by atoms with Gasteiger partial charge in [0.1, 0.15) is 5.82 Å². The first-order valence-electron chi connectivity index (χ1n) is 6.12. The van der Waals surface area contributed by atoms with Gasteiger partial charge in [-0.15, -0.1) is 0 Å². The Morgan fingerprint density at radius 3 is 2.75 bits per heavy atom. The summed E-state index contributed by atoms with van der Waals surface area (Å²) in [4.78, 5) is 3.95. The fourth-order valence-corrected chi connectivity index (χ4v) is 1.50. The van der Waals surface area contributed by atoms with E-state index < -0.39 is 11.6 Å². The number of nitrogen functional groups attached to an aromatic ring is 1. The van der Waals surface area contributed by atoms with Gasteiger partial charge in [0.15, 0.2) is 17.3 Å². The molecule has 106 valence electrons. The highest BCUT2D eigenvalue weighted by Gasteiger charge is 2.13. The van der Waals surface area contributed by atoms with Gasteiger partial charge in [-0.1, -0.05) is 6.92 Å². The molecule has 0 saturated heterocycles. The average molecular weight is 280 g/mol. The van der Waals surface area contributed by atoms with Crippen LogP contribution in [0.25, 0.3) is 0 Å². The van der Waals surface area contributed by atoms with Crippen molar-refractivity contribution < 1.29 is 18.3 Å². The predicted octanol–water partition coefficient (Wildman–Crippen LogP) is 3.52. The van der Waals surface area contributed by atoms with Gasteiger partial charge in [0.25, 0.3) is 5.88 Å². The summed E-state index contributed by atoms with van der Waals surface area (Å²) >= 11 is 0. The number of hydrogen-bond donors (Lipinski definition) is 1. The smallest absolute Gasteiger partial charge is 0.262 e. The van der Waals surface area contributed by atoms with E-state index in [1.165, 1.54) is 6.20 Å². The van der Waals surface area contributed by atoms with E-state index in [1.807, 2.05) is 6.92 Å². The van der Waals surface area contributed by atoms with Crippen LogP contribution in [0, 0.1) is 11.6 Å². The lowest BCUT2D eigenvalue weighted by molar-refractivity contribution is 0.295. The summed E-state index contributed by atoms with van der Waals surface area (Å²) < 4.78 is 37.7. The maximum absolute atomic E-state index is 13.7. The molecule has 0 aliphatic rings. The largest absolute Gasteiger partial charge is 0.488 e. The summed E-state index contributed by atoms with van der Waals surface area (Å²) in [7, 11) is 0. The van der Waals surface area contributed by atoms with Crippen molar-refractivity contribution in [3.05, 3.63) is 42.1 Å². The van der Waals surface area contributed by atoms with E-state index in [-0.39, 0.29) is 17.3 Å². The van der Waals surface area contributed by atoms with Crippen molar-refractivity contribution in [2.24, 2.45) is 0 Å². The second-order valence-electron chi connectivity index (χ2n) is 4.06. The Morgan fingerprint density at radius 2 is 2.00 bits per heavy atom. The number of halogens is 2. The molecule has 20 heavy (non-hydrogen) atoms. The zero-order valence-corrected chi connectivity index (χ0v) is 10.9. The lowest BCUT2D eigenvalue weighted by Crippen LogP contribution is -2.00. The number of benzene rings is 1. The third-order valence-electron chi connectivity index (χ3n) is 2.46. The van der Waals surface area contributed by atoms with Crippen LogP contribution in [-0.2, 0) is 0 Å². The molecule has 2 rings (SSSR count). The SMILES string of the molecule is CCCOc1cccnc1Oc1cc(F)c(N)cc1F. The van der Waals surface area contributed by atoms with Gasteiger partial charge >= 0.3 is 0 Å². The average Bonchev–Trinajstić information content (AvgIpc) is 2.44. The molecule has 6 heteroatoms. The second kappa shape index (κ2) is 6.18. The minimum atomic E-state index is -0.768. The molecule has 0 unspecified atom stereocenters. The lowest BCUT2D eigenvalue weighted by atomic mass is 10.3. The van der Waals surface area contributed by atoms with E-state index in [9.17, 15) is 8.78 Å². The summed E-state index contributed by atoms with van der Waals surface area (Å²) in [5.74, 6) is -1.38. The number of hydrogen-bond acceptors (Lipinski definition) is 4. The molecule has 0 atom stereocenters. The fourth-order valence-electron chi connectivity index (χ4n) is 1.50. The Morgan fingerprint density at radius 1 is 1.20 bits per heavy atom. The van der Waals surface area contributed by atoms with Gasteiger partial charge in [0.05, 0.1) is 12.3 Å². The number of aromatic nitrogens is 1. The van der Waals surface area contributed by atoms with Crippen LogP contribution >= 0.6 is 0 Å². The van der Waals surface area contributed by atoms with Crippen LogP contribution in [0.15, 0.2) is 30.5 Å². The summed E-state index contributed by atoms with van der Waals surface area (Å²) in [5.41, 5.74) is 4.99. The van der Waals surface area contributed by atoms with Gasteiger partial charge in [-0.2, -0.15) is 0 Å². The molecule has 0 fully saturated rings. The maximum Gasteiger partial charge on any atom is 0.262 e. The minimum absolute atomic E-state index is 0.0732. The van der Waals surface area contributed by atoms with Crippen LogP contribution in [0.4, 0.5) is 14.5 Å². The Balaban J connectivity index is 2.28. The Hall–Kier alpha value is -2.37. The molecular formula is C14H14F2N2O2. The summed E-state index contributed by atoms with van der Waals surface area (Å²) in [6.45, 7) is 2.42. The zero-order valence-electron chi connectivity index (χ0n) is 10.9. The maximum atomic E-state index is 13.7. The summed E-state index contributed by atoms with van der Waals surface area (Å²) in [6.07, 6.45) is 2.28. The predicted molar refractivity (Wildman–Crippen MR) is 70.9 cm³/mol. The molecule has 0 bridgehead atoms. The van der Waals surface area contributed by atoms with Crippen LogP contribution in [-0.4, -0.2) is 11.6 Å². The number of nitrogens with zero attached hydrogens (tertiary/aromatic N) is 1. The van der Waals surface area contributed by atoms with Crippen LogP contribution in [0.5, 0.6) is 17.4 Å². The van der Waals surface area contributed by atoms with Crippen molar-refractivity contribution in [1.29, 1.82) is 0 Å². The number of anilines is 1. The molecule has 1 heterocycles. The number of nitrogens with two attached hydrogens (primary N) is 1. The van der Waals surface area contributed by atoms with Crippen molar-refractivity contribution in [1.82, 2.24) is 4.98 Å². The number of rotatable bonds is 5. The van der Waals surface area contributed by atoms with Crippen molar-refractivity contribution in [2.45, 2.75) is 13.3 Å². The molecule has 0 aliphatic carbocycles. The molecular weight excluding hydrogens is 266 g/mol. The molecule has 0 spiro atoms. The van der Waals surface area contributed by atoms with E-state index >= 15 is 0 Å². The fraction of sp³-hybridized carbons (Fsp3) is 0.214. The van der Waals surface area contributed by atoms with E-state index in [4.69, 9.17) is 15.2 Å². The van der Waals surface area contributed by atoms with E-state index in [2.05, 4.69) is 4.98 Å². The quantitative estimate of drug-likeness (QED) is 0.851. The third kappa shape index (κ3) is 3.14. The lowest BCUT2D eigenvalue weighted by Gasteiger charge is -2.11. The van der Waals surface area contributed by atoms with E-state index in [0.717, 1.165) is 18.6 Å². The first-order valence-corrected chi connectivity index (χ1v) is 6.12. The Kier molecular flexibility index (Phi) is 4.34. The Labute approximate surface area is 115 Å². The second-order valence-corrected chi connectivity index (χ2v) is 4.06. The summed E-state index contributed by atoms with van der Waals surface area (Å²) in [6, 6.07) is 5.05.